The lowest BCUT2D eigenvalue weighted by molar-refractivity contribution is -0.126. The van der Waals surface area contributed by atoms with Crippen LogP contribution in [0.15, 0.2) is 48.5 Å². The lowest BCUT2D eigenvalue weighted by Gasteiger charge is -2.27. The minimum atomic E-state index is -1.21. The molecule has 0 aromatic heterocycles. The van der Waals surface area contributed by atoms with E-state index in [9.17, 15) is 9.18 Å². The van der Waals surface area contributed by atoms with Crippen LogP contribution in [-0.4, -0.2) is 13.0 Å². The van der Waals surface area contributed by atoms with Gasteiger partial charge in [-0.2, -0.15) is 0 Å². The Morgan fingerprint density at radius 2 is 1.87 bits per heavy atom. The Bertz CT molecular complexity index is 687. The molecule has 0 aliphatic heterocycles. The summed E-state index contributed by atoms with van der Waals surface area (Å²) in [6.07, 6.45) is 0. The number of ether oxygens (including phenoxy) is 1. The molecule has 0 spiro atoms. The Morgan fingerprint density at radius 3 is 2.48 bits per heavy atom. The van der Waals surface area contributed by atoms with Crippen LogP contribution in [0.2, 0.25) is 0 Å². The van der Waals surface area contributed by atoms with Crippen LogP contribution in [0.1, 0.15) is 31.0 Å². The summed E-state index contributed by atoms with van der Waals surface area (Å²) in [5.74, 6) is -0.437. The third-order valence-corrected chi connectivity index (χ3v) is 3.86. The van der Waals surface area contributed by atoms with Gasteiger partial charge in [-0.1, -0.05) is 36.4 Å². The molecule has 122 valence electrons. The summed E-state index contributed by atoms with van der Waals surface area (Å²) < 4.78 is 19.3. The average molecular weight is 316 g/mol. The highest BCUT2D eigenvalue weighted by molar-refractivity contribution is 5.87. The first kappa shape index (κ1) is 17.0. The van der Waals surface area contributed by atoms with Gasteiger partial charge < -0.3 is 15.8 Å². The van der Waals surface area contributed by atoms with E-state index in [2.05, 4.69) is 5.32 Å². The van der Waals surface area contributed by atoms with Crippen LogP contribution < -0.4 is 15.8 Å². The van der Waals surface area contributed by atoms with Crippen molar-refractivity contribution in [2.24, 2.45) is 5.73 Å². The maximum Gasteiger partial charge on any atom is 0.244 e. The largest absolute Gasteiger partial charge is 0.496 e. The van der Waals surface area contributed by atoms with E-state index in [1.54, 1.807) is 38.1 Å². The normalized spacial score (nSPS) is 14.7. The number of carbonyl (C=O) groups is 1. The molecule has 0 aliphatic rings. The van der Waals surface area contributed by atoms with Crippen LogP contribution in [-0.2, 0) is 10.3 Å². The molecule has 2 aromatic carbocycles. The van der Waals surface area contributed by atoms with Crippen molar-refractivity contribution in [1.29, 1.82) is 0 Å². The quantitative estimate of drug-likeness (QED) is 0.891. The fourth-order valence-corrected chi connectivity index (χ4v) is 2.45. The van der Waals surface area contributed by atoms with Crippen molar-refractivity contribution in [3.05, 3.63) is 65.5 Å². The van der Waals surface area contributed by atoms with Gasteiger partial charge in [0.1, 0.15) is 17.1 Å². The number of nitrogens with two attached hydrogens (primary N) is 1. The van der Waals surface area contributed by atoms with Gasteiger partial charge in [0.2, 0.25) is 5.91 Å². The highest BCUT2D eigenvalue weighted by Gasteiger charge is 2.32. The molecular formula is C18H21FN2O2. The van der Waals surface area contributed by atoms with Crippen LogP contribution >= 0.6 is 0 Å². The number of halogens is 1. The van der Waals surface area contributed by atoms with E-state index in [4.69, 9.17) is 10.5 Å². The summed E-state index contributed by atoms with van der Waals surface area (Å²) in [5.41, 5.74) is 5.95. The molecular weight excluding hydrogens is 295 g/mol. The fraction of sp³-hybridized carbons (Fsp3) is 0.278. The lowest BCUT2D eigenvalue weighted by atomic mass is 9.91. The Hall–Kier alpha value is -2.40. The number of nitrogens with one attached hydrogen (secondary N) is 1. The summed E-state index contributed by atoms with van der Waals surface area (Å²) in [4.78, 5) is 12.6. The molecule has 0 fully saturated rings. The smallest absolute Gasteiger partial charge is 0.244 e. The van der Waals surface area contributed by atoms with Gasteiger partial charge in [-0.15, -0.1) is 0 Å². The van der Waals surface area contributed by atoms with Crippen LogP contribution in [0, 0.1) is 5.82 Å². The molecule has 0 saturated heterocycles. The molecule has 0 radical (unpaired) electrons. The number of benzene rings is 2. The zero-order valence-corrected chi connectivity index (χ0v) is 13.5. The molecule has 0 saturated carbocycles. The predicted molar refractivity (Wildman–Crippen MR) is 87.5 cm³/mol. The molecule has 1 amide bonds. The van der Waals surface area contributed by atoms with Crippen molar-refractivity contribution in [1.82, 2.24) is 5.32 Å². The molecule has 2 aromatic rings. The van der Waals surface area contributed by atoms with Crippen molar-refractivity contribution in [2.45, 2.75) is 25.4 Å². The number of methoxy groups -OCH3 is 1. The Labute approximate surface area is 135 Å². The summed E-state index contributed by atoms with van der Waals surface area (Å²) in [7, 11) is 1.46. The predicted octanol–water partition coefficient (Wildman–Crippen LogP) is 2.89. The number of hydrogen-bond donors (Lipinski definition) is 2. The van der Waals surface area contributed by atoms with Crippen molar-refractivity contribution < 1.29 is 13.9 Å². The molecule has 0 aliphatic carbocycles. The fourth-order valence-electron chi connectivity index (χ4n) is 2.45. The molecule has 2 unspecified atom stereocenters. The summed E-state index contributed by atoms with van der Waals surface area (Å²) >= 11 is 0. The highest BCUT2D eigenvalue weighted by Crippen LogP contribution is 2.28. The standard InChI is InChI=1S/C18H21FN2O2/c1-12(16-14(19)10-7-11-15(16)23-3)21-17(22)18(2,20)13-8-5-4-6-9-13/h4-12H,20H2,1-3H3,(H,21,22). The average Bonchev–Trinajstić information content (AvgIpc) is 2.55. The van der Waals surface area contributed by atoms with Gasteiger partial charge in [0, 0.05) is 0 Å². The van der Waals surface area contributed by atoms with Crippen molar-refractivity contribution in [3.63, 3.8) is 0 Å². The third-order valence-electron chi connectivity index (χ3n) is 3.86. The Balaban J connectivity index is 2.24. The molecule has 2 rings (SSSR count). The van der Waals surface area contributed by atoms with Crippen LogP contribution in [0.25, 0.3) is 0 Å². The van der Waals surface area contributed by atoms with E-state index >= 15 is 0 Å². The maximum absolute atomic E-state index is 14.1. The molecule has 23 heavy (non-hydrogen) atoms. The Morgan fingerprint density at radius 1 is 1.22 bits per heavy atom. The number of rotatable bonds is 5. The van der Waals surface area contributed by atoms with Gasteiger partial charge in [-0.3, -0.25) is 4.79 Å². The van der Waals surface area contributed by atoms with E-state index in [0.29, 0.717) is 16.9 Å². The summed E-state index contributed by atoms with van der Waals surface area (Å²) in [5, 5.41) is 2.77. The van der Waals surface area contributed by atoms with E-state index in [1.807, 2.05) is 18.2 Å². The minimum absolute atomic E-state index is 0.298. The zero-order valence-electron chi connectivity index (χ0n) is 13.5. The van der Waals surface area contributed by atoms with E-state index in [0.717, 1.165) is 0 Å². The molecule has 0 heterocycles. The lowest BCUT2D eigenvalue weighted by Crippen LogP contribution is -2.49. The molecule has 3 N–H and O–H groups in total. The maximum atomic E-state index is 14.1. The van der Waals surface area contributed by atoms with Gasteiger partial charge in [0.15, 0.2) is 0 Å². The first-order valence-corrected chi connectivity index (χ1v) is 7.35. The van der Waals surface area contributed by atoms with Crippen molar-refractivity contribution >= 4 is 5.91 Å². The molecule has 4 nitrogen and oxygen atoms in total. The van der Waals surface area contributed by atoms with Crippen LogP contribution in [0.4, 0.5) is 4.39 Å². The second kappa shape index (κ2) is 6.79. The topological polar surface area (TPSA) is 64.3 Å². The van der Waals surface area contributed by atoms with Gasteiger partial charge in [0.05, 0.1) is 18.7 Å². The molecule has 5 heteroatoms. The molecule has 2 atom stereocenters. The zero-order chi connectivity index (χ0) is 17.0. The third kappa shape index (κ3) is 3.51. The van der Waals surface area contributed by atoms with E-state index < -0.39 is 17.4 Å². The van der Waals surface area contributed by atoms with Gasteiger partial charge in [-0.05, 0) is 31.5 Å². The van der Waals surface area contributed by atoms with Gasteiger partial charge >= 0.3 is 0 Å². The van der Waals surface area contributed by atoms with Crippen molar-refractivity contribution in [3.8, 4) is 5.75 Å². The van der Waals surface area contributed by atoms with E-state index in [-0.39, 0.29) is 5.91 Å². The van der Waals surface area contributed by atoms with Crippen LogP contribution in [0.5, 0.6) is 5.75 Å². The van der Waals surface area contributed by atoms with Gasteiger partial charge in [-0.25, -0.2) is 4.39 Å². The van der Waals surface area contributed by atoms with Crippen LogP contribution in [0.3, 0.4) is 0 Å². The number of carbonyl (C=O) groups excluding carboxylic acids is 1. The first-order valence-electron chi connectivity index (χ1n) is 7.35. The van der Waals surface area contributed by atoms with Crippen molar-refractivity contribution in [2.75, 3.05) is 7.11 Å². The van der Waals surface area contributed by atoms with E-state index in [1.165, 1.54) is 13.2 Å². The van der Waals surface area contributed by atoms with Gasteiger partial charge in [0.25, 0.3) is 0 Å². The minimum Gasteiger partial charge on any atom is -0.496 e. The summed E-state index contributed by atoms with van der Waals surface area (Å²) in [6.45, 7) is 3.32. The number of hydrogen-bond acceptors (Lipinski definition) is 3. The summed E-state index contributed by atoms with van der Waals surface area (Å²) in [6, 6.07) is 13.0. The second-order valence-electron chi connectivity index (χ2n) is 5.62. The first-order chi connectivity index (χ1) is 10.9. The highest BCUT2D eigenvalue weighted by atomic mass is 19.1. The monoisotopic (exact) mass is 316 g/mol. The number of amides is 1. The Kier molecular flexibility index (Phi) is 5.01. The molecule has 0 bridgehead atoms. The SMILES string of the molecule is COc1cccc(F)c1C(C)NC(=O)C(C)(N)c1ccccc1. The second-order valence-corrected chi connectivity index (χ2v) is 5.62.